The Hall–Kier alpha value is -3.72. The molecule has 9 heteroatoms. The summed E-state index contributed by atoms with van der Waals surface area (Å²) in [6, 6.07) is 23.5. The molecule has 3 N–H and O–H groups in total. The molecule has 2 unspecified atom stereocenters. The van der Waals surface area contributed by atoms with Crippen molar-refractivity contribution in [2.75, 3.05) is 11.9 Å². The SMILES string of the molecule is O=C(Nc1ccc(Cl)cc1)C1N([C@H](CO)c2ccccc2)C(=O)[C@@H]2[C@@H](C(=O)NCc3ccccc3)[C@H]3CCC12O3. The first kappa shape index (κ1) is 26.5. The first-order chi connectivity index (χ1) is 19.4. The van der Waals surface area contributed by atoms with Gasteiger partial charge in [-0.3, -0.25) is 14.4 Å². The average Bonchev–Trinajstić information content (AvgIpc) is 3.62. The molecule has 206 valence electrons. The molecule has 3 aliphatic rings. The minimum absolute atomic E-state index is 0.271. The van der Waals surface area contributed by atoms with E-state index in [-0.39, 0.29) is 11.8 Å². The predicted molar refractivity (Wildman–Crippen MR) is 149 cm³/mol. The Kier molecular flexibility index (Phi) is 7.08. The first-order valence-corrected chi connectivity index (χ1v) is 13.8. The number of aliphatic hydroxyl groups is 1. The zero-order chi connectivity index (χ0) is 27.9. The highest BCUT2D eigenvalue weighted by Crippen LogP contribution is 2.59. The molecule has 40 heavy (non-hydrogen) atoms. The van der Waals surface area contributed by atoms with E-state index in [0.717, 1.165) is 5.56 Å². The van der Waals surface area contributed by atoms with Crippen LogP contribution in [0.3, 0.4) is 0 Å². The van der Waals surface area contributed by atoms with E-state index in [9.17, 15) is 19.5 Å². The van der Waals surface area contributed by atoms with Crippen LogP contribution in [0.2, 0.25) is 5.02 Å². The molecule has 3 heterocycles. The van der Waals surface area contributed by atoms with Gasteiger partial charge in [0.15, 0.2) is 0 Å². The fourth-order valence-corrected chi connectivity index (χ4v) is 6.83. The quantitative estimate of drug-likeness (QED) is 0.390. The summed E-state index contributed by atoms with van der Waals surface area (Å²) in [4.78, 5) is 43.4. The van der Waals surface area contributed by atoms with Gasteiger partial charge >= 0.3 is 0 Å². The Balaban J connectivity index is 1.35. The van der Waals surface area contributed by atoms with Crippen molar-refractivity contribution in [3.05, 3.63) is 101 Å². The smallest absolute Gasteiger partial charge is 0.250 e. The summed E-state index contributed by atoms with van der Waals surface area (Å²) in [6.45, 7) is -0.0676. The molecular formula is C31H30ClN3O5. The molecule has 6 rings (SSSR count). The van der Waals surface area contributed by atoms with Gasteiger partial charge in [-0.05, 0) is 48.2 Å². The second kappa shape index (κ2) is 10.7. The number of hydrogen-bond acceptors (Lipinski definition) is 5. The van der Waals surface area contributed by atoms with Crippen LogP contribution in [0.5, 0.6) is 0 Å². The van der Waals surface area contributed by atoms with Gasteiger partial charge in [0.05, 0.1) is 30.6 Å². The molecular weight excluding hydrogens is 530 g/mol. The molecule has 0 saturated carbocycles. The summed E-state index contributed by atoms with van der Waals surface area (Å²) in [5.41, 5.74) is 0.971. The Morgan fingerprint density at radius 3 is 2.35 bits per heavy atom. The number of amides is 3. The third-order valence-corrected chi connectivity index (χ3v) is 8.66. The summed E-state index contributed by atoms with van der Waals surface area (Å²) >= 11 is 6.03. The molecule has 3 aliphatic heterocycles. The van der Waals surface area contributed by atoms with Gasteiger partial charge in [0.1, 0.15) is 11.6 Å². The van der Waals surface area contributed by atoms with Gasteiger partial charge in [0, 0.05) is 17.3 Å². The zero-order valence-corrected chi connectivity index (χ0v) is 22.5. The Morgan fingerprint density at radius 1 is 1.00 bits per heavy atom. The number of nitrogens with zero attached hydrogens (tertiary/aromatic N) is 1. The van der Waals surface area contributed by atoms with E-state index < -0.39 is 48.1 Å². The van der Waals surface area contributed by atoms with E-state index in [4.69, 9.17) is 16.3 Å². The maximum Gasteiger partial charge on any atom is 0.250 e. The number of carbonyl (C=O) groups excluding carboxylic acids is 3. The number of halogens is 1. The molecule has 3 saturated heterocycles. The number of likely N-dealkylation sites (tertiary alicyclic amines) is 1. The van der Waals surface area contributed by atoms with Crippen LogP contribution in [0.1, 0.15) is 30.0 Å². The summed E-state index contributed by atoms with van der Waals surface area (Å²) < 4.78 is 6.50. The average molecular weight is 560 g/mol. The third kappa shape index (κ3) is 4.46. The van der Waals surface area contributed by atoms with Gasteiger partial charge in [0.2, 0.25) is 17.7 Å². The number of nitrogens with one attached hydrogen (secondary N) is 2. The van der Waals surface area contributed by atoms with E-state index in [0.29, 0.717) is 35.7 Å². The summed E-state index contributed by atoms with van der Waals surface area (Å²) in [6.07, 6.45) is 0.543. The molecule has 0 aromatic heterocycles. The number of aliphatic hydroxyl groups excluding tert-OH is 1. The lowest BCUT2D eigenvalue weighted by Gasteiger charge is -2.36. The Bertz CT molecular complexity index is 1400. The fraction of sp³-hybridized carbons (Fsp3) is 0.323. The van der Waals surface area contributed by atoms with Crippen molar-refractivity contribution in [2.45, 2.75) is 43.2 Å². The number of anilines is 1. The van der Waals surface area contributed by atoms with Gasteiger partial charge in [-0.1, -0.05) is 72.3 Å². The maximum absolute atomic E-state index is 14.3. The lowest BCUT2D eigenvalue weighted by atomic mass is 9.70. The summed E-state index contributed by atoms with van der Waals surface area (Å²) in [5, 5.41) is 17.0. The normalized spacial score (nSPS) is 27.4. The lowest BCUT2D eigenvalue weighted by Crippen LogP contribution is -2.54. The largest absolute Gasteiger partial charge is 0.394 e. The van der Waals surface area contributed by atoms with Crippen molar-refractivity contribution >= 4 is 35.0 Å². The van der Waals surface area contributed by atoms with Crippen molar-refractivity contribution in [1.29, 1.82) is 0 Å². The highest BCUT2D eigenvalue weighted by atomic mass is 35.5. The molecule has 0 radical (unpaired) electrons. The second-order valence-corrected chi connectivity index (χ2v) is 11.0. The maximum atomic E-state index is 14.3. The van der Waals surface area contributed by atoms with Crippen LogP contribution in [0.15, 0.2) is 84.9 Å². The number of carbonyl (C=O) groups is 3. The summed E-state index contributed by atoms with van der Waals surface area (Å²) in [7, 11) is 0. The predicted octanol–water partition coefficient (Wildman–Crippen LogP) is 3.70. The third-order valence-electron chi connectivity index (χ3n) is 8.40. The Labute approximate surface area is 237 Å². The second-order valence-electron chi connectivity index (χ2n) is 10.6. The van der Waals surface area contributed by atoms with Crippen LogP contribution in [0.4, 0.5) is 5.69 Å². The van der Waals surface area contributed by atoms with Crippen molar-refractivity contribution in [3.8, 4) is 0 Å². The molecule has 6 atom stereocenters. The van der Waals surface area contributed by atoms with Crippen LogP contribution in [-0.2, 0) is 25.7 Å². The van der Waals surface area contributed by atoms with Crippen LogP contribution >= 0.6 is 11.6 Å². The molecule has 0 aliphatic carbocycles. The zero-order valence-electron chi connectivity index (χ0n) is 21.7. The molecule has 3 aromatic rings. The van der Waals surface area contributed by atoms with Crippen molar-refractivity contribution < 1.29 is 24.2 Å². The Morgan fingerprint density at radius 2 is 1.68 bits per heavy atom. The molecule has 8 nitrogen and oxygen atoms in total. The van der Waals surface area contributed by atoms with Crippen LogP contribution < -0.4 is 10.6 Å². The molecule has 3 amide bonds. The minimum atomic E-state index is -1.19. The van der Waals surface area contributed by atoms with Gasteiger partial charge in [-0.15, -0.1) is 0 Å². The van der Waals surface area contributed by atoms with Gasteiger partial charge in [0.25, 0.3) is 0 Å². The van der Waals surface area contributed by atoms with Crippen LogP contribution in [-0.4, -0.2) is 52.1 Å². The highest BCUT2D eigenvalue weighted by molar-refractivity contribution is 6.30. The number of fused-ring (bicyclic) bond motifs is 1. The number of rotatable bonds is 8. The van der Waals surface area contributed by atoms with Crippen molar-refractivity contribution in [3.63, 3.8) is 0 Å². The number of ether oxygens (including phenoxy) is 1. The molecule has 1 spiro atoms. The van der Waals surface area contributed by atoms with E-state index in [2.05, 4.69) is 10.6 Å². The van der Waals surface area contributed by atoms with Crippen molar-refractivity contribution in [2.24, 2.45) is 11.8 Å². The molecule has 3 aromatic carbocycles. The minimum Gasteiger partial charge on any atom is -0.394 e. The number of hydrogen-bond donors (Lipinski definition) is 3. The standard InChI is InChI=1S/C31H30ClN3O5/c32-21-11-13-22(14-12-21)34-29(38)27-31-16-15-24(40-31)25(28(37)33-17-19-7-3-1-4-8-19)26(31)30(39)35(27)23(18-36)20-9-5-2-6-10-20/h1-14,23-27,36H,15-18H2,(H,33,37)(H,34,38)/t23-,24-,25+,26+,27?,31?/m1/s1. The van der Waals surface area contributed by atoms with Crippen LogP contribution in [0, 0.1) is 11.8 Å². The topological polar surface area (TPSA) is 108 Å². The van der Waals surface area contributed by atoms with E-state index in [1.54, 1.807) is 24.3 Å². The first-order valence-electron chi connectivity index (χ1n) is 13.5. The van der Waals surface area contributed by atoms with E-state index in [1.165, 1.54) is 4.90 Å². The fourth-order valence-electron chi connectivity index (χ4n) is 6.70. The van der Waals surface area contributed by atoms with Crippen molar-refractivity contribution in [1.82, 2.24) is 10.2 Å². The van der Waals surface area contributed by atoms with Gasteiger partial charge < -0.3 is 25.4 Å². The van der Waals surface area contributed by atoms with Gasteiger partial charge in [-0.25, -0.2) is 0 Å². The number of benzene rings is 3. The van der Waals surface area contributed by atoms with Gasteiger partial charge in [-0.2, -0.15) is 0 Å². The lowest BCUT2D eigenvalue weighted by molar-refractivity contribution is -0.144. The highest BCUT2D eigenvalue weighted by Gasteiger charge is 2.75. The summed E-state index contributed by atoms with van der Waals surface area (Å²) in [5.74, 6) is -2.65. The molecule has 2 bridgehead atoms. The van der Waals surface area contributed by atoms with E-state index >= 15 is 0 Å². The monoisotopic (exact) mass is 559 g/mol. The van der Waals surface area contributed by atoms with Crippen LogP contribution in [0.25, 0.3) is 0 Å². The van der Waals surface area contributed by atoms with E-state index in [1.807, 2.05) is 60.7 Å². The molecule has 3 fully saturated rings.